The molecular weight excluding hydrogens is 274 g/mol. The van der Waals surface area contributed by atoms with Crippen molar-refractivity contribution in [1.29, 1.82) is 0 Å². The van der Waals surface area contributed by atoms with Crippen LogP contribution in [0.4, 0.5) is 0 Å². The van der Waals surface area contributed by atoms with Gasteiger partial charge in [-0.25, -0.2) is 0 Å². The number of nitrogens with one attached hydrogen (secondary N) is 1. The molecule has 2 aromatic carbocycles. The van der Waals surface area contributed by atoms with Crippen molar-refractivity contribution in [2.45, 2.75) is 13.0 Å². The van der Waals surface area contributed by atoms with Crippen molar-refractivity contribution in [3.63, 3.8) is 0 Å². The molecule has 2 aromatic rings. The maximum absolute atomic E-state index is 12.3. The Morgan fingerprint density at radius 3 is 2.55 bits per heavy atom. The highest BCUT2D eigenvalue weighted by Crippen LogP contribution is 2.24. The van der Waals surface area contributed by atoms with E-state index in [0.29, 0.717) is 16.3 Å². The average molecular weight is 290 g/mol. The van der Waals surface area contributed by atoms with E-state index in [1.807, 2.05) is 37.3 Å². The summed E-state index contributed by atoms with van der Waals surface area (Å²) in [5, 5.41) is 3.48. The van der Waals surface area contributed by atoms with E-state index in [9.17, 15) is 4.79 Å². The Bertz CT molecular complexity index is 599. The first-order chi connectivity index (χ1) is 9.61. The van der Waals surface area contributed by atoms with E-state index < -0.39 is 0 Å². The topological polar surface area (TPSA) is 38.3 Å². The fraction of sp³-hybridized carbons (Fsp3) is 0.188. The van der Waals surface area contributed by atoms with Gasteiger partial charge in [-0.1, -0.05) is 41.9 Å². The van der Waals surface area contributed by atoms with Crippen molar-refractivity contribution in [2.24, 2.45) is 0 Å². The summed E-state index contributed by atoms with van der Waals surface area (Å²) in [6.07, 6.45) is 0. The van der Waals surface area contributed by atoms with Gasteiger partial charge in [0.25, 0.3) is 5.91 Å². The van der Waals surface area contributed by atoms with Gasteiger partial charge in [0.05, 0.1) is 18.7 Å². The van der Waals surface area contributed by atoms with Crippen molar-refractivity contribution in [3.05, 3.63) is 64.7 Å². The Morgan fingerprint density at radius 2 is 1.90 bits per heavy atom. The molecule has 0 aliphatic rings. The number of hydrogen-bond acceptors (Lipinski definition) is 2. The van der Waals surface area contributed by atoms with Crippen LogP contribution < -0.4 is 10.1 Å². The first-order valence-corrected chi connectivity index (χ1v) is 6.69. The van der Waals surface area contributed by atoms with Gasteiger partial charge in [-0.2, -0.15) is 0 Å². The molecule has 2 rings (SSSR count). The van der Waals surface area contributed by atoms with Gasteiger partial charge in [-0.05, 0) is 30.7 Å². The molecule has 104 valence electrons. The Hall–Kier alpha value is -2.00. The molecule has 1 amide bonds. The average Bonchev–Trinajstić information content (AvgIpc) is 2.47. The number of benzene rings is 2. The smallest absolute Gasteiger partial charge is 0.255 e. The number of carbonyl (C=O) groups excluding carboxylic acids is 1. The van der Waals surface area contributed by atoms with E-state index in [-0.39, 0.29) is 11.9 Å². The second-order valence-corrected chi connectivity index (χ2v) is 4.89. The van der Waals surface area contributed by atoms with Gasteiger partial charge in [-0.3, -0.25) is 4.79 Å². The second kappa shape index (κ2) is 6.44. The normalized spacial score (nSPS) is 11.8. The van der Waals surface area contributed by atoms with Gasteiger partial charge in [0.15, 0.2) is 0 Å². The minimum absolute atomic E-state index is 0.0796. The zero-order chi connectivity index (χ0) is 14.5. The number of carbonyl (C=O) groups is 1. The van der Waals surface area contributed by atoms with E-state index in [1.54, 1.807) is 18.2 Å². The van der Waals surface area contributed by atoms with Crippen molar-refractivity contribution >= 4 is 17.5 Å². The molecule has 0 radical (unpaired) electrons. The third-order valence-corrected chi connectivity index (χ3v) is 3.29. The molecule has 0 aromatic heterocycles. The molecule has 0 saturated heterocycles. The van der Waals surface area contributed by atoms with Gasteiger partial charge in [0, 0.05) is 5.02 Å². The van der Waals surface area contributed by atoms with Crippen LogP contribution in [0, 0.1) is 0 Å². The number of methoxy groups -OCH3 is 1. The van der Waals surface area contributed by atoms with Crippen LogP contribution in [0.5, 0.6) is 5.75 Å². The largest absolute Gasteiger partial charge is 0.496 e. The van der Waals surface area contributed by atoms with E-state index in [1.165, 1.54) is 7.11 Å². The molecule has 0 bridgehead atoms. The summed E-state index contributed by atoms with van der Waals surface area (Å²) >= 11 is 5.89. The van der Waals surface area contributed by atoms with Crippen molar-refractivity contribution in [2.75, 3.05) is 7.11 Å². The number of halogens is 1. The predicted octanol–water partition coefficient (Wildman–Crippen LogP) is 3.84. The highest BCUT2D eigenvalue weighted by molar-refractivity contribution is 6.30. The van der Waals surface area contributed by atoms with Crippen molar-refractivity contribution in [1.82, 2.24) is 5.32 Å². The Labute approximate surface area is 123 Å². The SMILES string of the molecule is COc1cc(Cl)ccc1C(=O)NC(C)c1ccccc1. The van der Waals surface area contributed by atoms with Gasteiger partial charge in [0.2, 0.25) is 0 Å². The molecule has 0 saturated carbocycles. The summed E-state index contributed by atoms with van der Waals surface area (Å²) in [7, 11) is 1.52. The van der Waals surface area contributed by atoms with Gasteiger partial charge in [0.1, 0.15) is 5.75 Å². The van der Waals surface area contributed by atoms with Crippen LogP contribution in [-0.2, 0) is 0 Å². The summed E-state index contributed by atoms with van der Waals surface area (Å²) in [6.45, 7) is 1.94. The van der Waals surface area contributed by atoms with E-state index in [4.69, 9.17) is 16.3 Å². The zero-order valence-corrected chi connectivity index (χ0v) is 12.1. The fourth-order valence-electron chi connectivity index (χ4n) is 1.95. The maximum Gasteiger partial charge on any atom is 0.255 e. The zero-order valence-electron chi connectivity index (χ0n) is 11.4. The summed E-state index contributed by atoms with van der Waals surface area (Å²) < 4.78 is 5.19. The highest BCUT2D eigenvalue weighted by Gasteiger charge is 2.15. The monoisotopic (exact) mass is 289 g/mol. The third-order valence-electron chi connectivity index (χ3n) is 3.06. The lowest BCUT2D eigenvalue weighted by Gasteiger charge is -2.15. The van der Waals surface area contributed by atoms with Crippen LogP contribution in [0.2, 0.25) is 5.02 Å². The molecule has 4 heteroatoms. The van der Waals surface area contributed by atoms with Crippen molar-refractivity contribution < 1.29 is 9.53 Å². The van der Waals surface area contributed by atoms with E-state index in [0.717, 1.165) is 5.56 Å². The molecule has 0 aliphatic heterocycles. The summed E-state index contributed by atoms with van der Waals surface area (Å²) in [5.74, 6) is 0.283. The molecular formula is C16H16ClNO2. The molecule has 20 heavy (non-hydrogen) atoms. The van der Waals surface area contributed by atoms with Gasteiger partial charge in [-0.15, -0.1) is 0 Å². The highest BCUT2D eigenvalue weighted by atomic mass is 35.5. The first-order valence-electron chi connectivity index (χ1n) is 6.31. The van der Waals surface area contributed by atoms with Crippen LogP contribution in [0.15, 0.2) is 48.5 Å². The Kier molecular flexibility index (Phi) is 4.64. The summed E-state index contributed by atoms with van der Waals surface area (Å²) in [6, 6.07) is 14.7. The van der Waals surface area contributed by atoms with Crippen LogP contribution in [0.1, 0.15) is 28.9 Å². The van der Waals surface area contributed by atoms with E-state index >= 15 is 0 Å². The third kappa shape index (κ3) is 3.31. The summed E-state index contributed by atoms with van der Waals surface area (Å²) in [5.41, 5.74) is 1.52. The predicted molar refractivity (Wildman–Crippen MR) is 80.3 cm³/mol. The minimum atomic E-state index is -0.185. The molecule has 1 atom stereocenters. The number of hydrogen-bond donors (Lipinski definition) is 1. The van der Waals surface area contributed by atoms with Crippen LogP contribution in [0.25, 0.3) is 0 Å². The Balaban J connectivity index is 2.16. The van der Waals surface area contributed by atoms with Crippen LogP contribution >= 0.6 is 11.6 Å². The molecule has 3 nitrogen and oxygen atoms in total. The fourth-order valence-corrected chi connectivity index (χ4v) is 2.11. The van der Waals surface area contributed by atoms with Crippen LogP contribution in [0.3, 0.4) is 0 Å². The first kappa shape index (κ1) is 14.4. The molecule has 0 heterocycles. The second-order valence-electron chi connectivity index (χ2n) is 4.45. The molecule has 0 aliphatic carbocycles. The van der Waals surface area contributed by atoms with Crippen LogP contribution in [-0.4, -0.2) is 13.0 Å². The lowest BCUT2D eigenvalue weighted by molar-refractivity contribution is 0.0937. The van der Waals surface area contributed by atoms with E-state index in [2.05, 4.69) is 5.32 Å². The molecule has 0 fully saturated rings. The minimum Gasteiger partial charge on any atom is -0.496 e. The Morgan fingerprint density at radius 1 is 1.20 bits per heavy atom. The quantitative estimate of drug-likeness (QED) is 0.929. The molecule has 0 spiro atoms. The van der Waals surface area contributed by atoms with Gasteiger partial charge >= 0.3 is 0 Å². The summed E-state index contributed by atoms with van der Waals surface area (Å²) in [4.78, 5) is 12.3. The van der Waals surface area contributed by atoms with Crippen molar-refractivity contribution in [3.8, 4) is 5.75 Å². The van der Waals surface area contributed by atoms with Gasteiger partial charge < -0.3 is 10.1 Å². The molecule has 1 N–H and O–H groups in total. The number of ether oxygens (including phenoxy) is 1. The number of amides is 1. The lowest BCUT2D eigenvalue weighted by Crippen LogP contribution is -2.27. The number of rotatable bonds is 4. The standard InChI is InChI=1S/C16H16ClNO2/c1-11(12-6-4-3-5-7-12)18-16(19)14-9-8-13(17)10-15(14)20-2/h3-11H,1-2H3,(H,18,19). The lowest BCUT2D eigenvalue weighted by atomic mass is 10.1. The maximum atomic E-state index is 12.3. The molecule has 1 unspecified atom stereocenters.